The van der Waals surface area contributed by atoms with Gasteiger partial charge in [0.05, 0.1) is 17.3 Å². The van der Waals surface area contributed by atoms with E-state index in [9.17, 15) is 4.79 Å². The Labute approximate surface area is 184 Å². The topological polar surface area (TPSA) is 108 Å². The minimum Gasteiger partial charge on any atom is -0.351 e. The number of pyridine rings is 2. The summed E-state index contributed by atoms with van der Waals surface area (Å²) in [5.74, 6) is -0.00750. The van der Waals surface area contributed by atoms with Gasteiger partial charge in [0.2, 0.25) is 5.91 Å². The summed E-state index contributed by atoms with van der Waals surface area (Å²) in [6, 6.07) is 9.46. The van der Waals surface area contributed by atoms with Gasteiger partial charge in [-0.15, -0.1) is 0 Å². The van der Waals surface area contributed by atoms with E-state index in [1.807, 2.05) is 18.2 Å². The van der Waals surface area contributed by atoms with Gasteiger partial charge in [-0.05, 0) is 61.5 Å². The first-order valence-electron chi connectivity index (χ1n) is 9.94. The average Bonchev–Trinajstić information content (AvgIpc) is 3.19. The van der Waals surface area contributed by atoms with Crippen LogP contribution in [0.3, 0.4) is 0 Å². The number of hydrogen-bond acceptors (Lipinski definition) is 8. The Hall–Kier alpha value is -3.35. The largest absolute Gasteiger partial charge is 0.351 e. The maximum atomic E-state index is 13.0. The fourth-order valence-corrected chi connectivity index (χ4v) is 4.51. The molecule has 2 atom stereocenters. The molecule has 1 aliphatic rings. The summed E-state index contributed by atoms with van der Waals surface area (Å²) < 4.78 is 2.10. The van der Waals surface area contributed by atoms with Crippen molar-refractivity contribution in [2.24, 2.45) is 0 Å². The molecule has 4 heterocycles. The zero-order chi connectivity index (χ0) is 21.6. The van der Waals surface area contributed by atoms with Crippen LogP contribution in [0.25, 0.3) is 11.3 Å². The smallest absolute Gasteiger partial charge is 0.238 e. The van der Waals surface area contributed by atoms with Crippen molar-refractivity contribution in [2.75, 3.05) is 0 Å². The van der Waals surface area contributed by atoms with Crippen molar-refractivity contribution in [3.05, 3.63) is 66.5 Å². The van der Waals surface area contributed by atoms with E-state index in [-0.39, 0.29) is 18.0 Å². The van der Waals surface area contributed by atoms with Crippen LogP contribution in [0, 0.1) is 11.3 Å². The minimum absolute atomic E-state index is 0.00750. The van der Waals surface area contributed by atoms with Crippen LogP contribution < -0.4 is 5.32 Å². The van der Waals surface area contributed by atoms with Gasteiger partial charge in [0.25, 0.3) is 0 Å². The second-order valence-corrected chi connectivity index (χ2v) is 8.31. The molecule has 156 valence electrons. The van der Waals surface area contributed by atoms with Gasteiger partial charge in [-0.25, -0.2) is 19.3 Å². The van der Waals surface area contributed by atoms with Crippen LogP contribution in [0.2, 0.25) is 0 Å². The average molecular weight is 432 g/mol. The molecule has 3 aromatic heterocycles. The Morgan fingerprint density at radius 2 is 2.06 bits per heavy atom. The van der Waals surface area contributed by atoms with E-state index >= 15 is 0 Å². The molecule has 1 fully saturated rings. The Morgan fingerprint density at radius 3 is 2.81 bits per heavy atom. The van der Waals surface area contributed by atoms with Crippen LogP contribution in [-0.4, -0.2) is 42.2 Å². The number of nitrogens with zero attached hydrogens (tertiary/aromatic N) is 6. The summed E-state index contributed by atoms with van der Waals surface area (Å²) in [6.07, 6.45) is 9.91. The molecule has 0 unspecified atom stereocenters. The highest BCUT2D eigenvalue weighted by Crippen LogP contribution is 2.34. The van der Waals surface area contributed by atoms with Gasteiger partial charge in [-0.2, -0.15) is 5.26 Å². The number of carbonyl (C=O) groups excluding carboxylic acids is 1. The number of rotatable bonds is 6. The Morgan fingerprint density at radius 1 is 1.23 bits per heavy atom. The number of amides is 1. The Balaban J connectivity index is 1.40. The van der Waals surface area contributed by atoms with E-state index in [0.29, 0.717) is 12.1 Å². The molecule has 31 heavy (non-hydrogen) atoms. The summed E-state index contributed by atoms with van der Waals surface area (Å²) in [4.78, 5) is 29.7. The first-order chi connectivity index (χ1) is 15.1. The molecule has 0 bridgehead atoms. The van der Waals surface area contributed by atoms with Crippen molar-refractivity contribution in [1.29, 1.82) is 5.26 Å². The Bertz CT molecular complexity index is 1090. The molecule has 8 nitrogen and oxygen atoms in total. The molecule has 1 amide bonds. The maximum Gasteiger partial charge on any atom is 0.238 e. The van der Waals surface area contributed by atoms with Crippen molar-refractivity contribution in [3.63, 3.8) is 0 Å². The molecule has 1 saturated heterocycles. The molecule has 0 spiro atoms. The molecule has 4 rings (SSSR count). The summed E-state index contributed by atoms with van der Waals surface area (Å²) in [7, 11) is 0. The van der Waals surface area contributed by atoms with Crippen LogP contribution in [0.15, 0.2) is 60.4 Å². The highest BCUT2D eigenvalue weighted by molar-refractivity contribution is 7.97. The number of hydrogen-bond donors (Lipinski definition) is 1. The van der Waals surface area contributed by atoms with Gasteiger partial charge < -0.3 is 5.32 Å². The molecule has 1 aliphatic heterocycles. The predicted molar refractivity (Wildman–Crippen MR) is 116 cm³/mol. The molecule has 9 heteroatoms. The third-order valence-electron chi connectivity index (χ3n) is 5.11. The van der Waals surface area contributed by atoms with Crippen molar-refractivity contribution >= 4 is 17.9 Å². The third-order valence-corrected chi connectivity index (χ3v) is 6.37. The van der Waals surface area contributed by atoms with Gasteiger partial charge in [0, 0.05) is 42.9 Å². The fraction of sp³-hybridized carbons (Fsp3) is 0.273. The SMILES string of the molecule is C[C@H]1CC[C@@H](C(=O)NCc2ccnc(-c3cncnc3)c2)N1Sc1ccc(C#N)cn1. The van der Waals surface area contributed by atoms with Crippen molar-refractivity contribution in [1.82, 2.24) is 29.6 Å². The monoisotopic (exact) mass is 431 g/mol. The minimum atomic E-state index is -0.235. The molecular weight excluding hydrogens is 410 g/mol. The number of nitriles is 1. The summed E-state index contributed by atoms with van der Waals surface area (Å²) >= 11 is 1.46. The maximum absolute atomic E-state index is 13.0. The standard InChI is InChI=1S/C22H21N7OS/c1-15-2-4-20(29(15)31-21-5-3-17(9-23)11-27-21)22(30)28-10-16-6-7-26-19(8-16)18-12-24-14-25-13-18/h3,5-8,11-15,20H,2,4,10H2,1H3,(H,28,30)/t15-,20-/m0/s1. The lowest BCUT2D eigenvalue weighted by molar-refractivity contribution is -0.124. The highest BCUT2D eigenvalue weighted by Gasteiger charge is 2.36. The van der Waals surface area contributed by atoms with E-state index in [4.69, 9.17) is 5.26 Å². The van der Waals surface area contributed by atoms with E-state index < -0.39 is 0 Å². The van der Waals surface area contributed by atoms with Crippen molar-refractivity contribution in [2.45, 2.75) is 43.4 Å². The number of nitrogens with one attached hydrogen (secondary N) is 1. The first kappa shape index (κ1) is 20.9. The van der Waals surface area contributed by atoms with Crippen LogP contribution in [-0.2, 0) is 11.3 Å². The van der Waals surface area contributed by atoms with Crippen LogP contribution >= 0.6 is 11.9 Å². The van der Waals surface area contributed by atoms with Crippen molar-refractivity contribution < 1.29 is 4.79 Å². The molecular formula is C22H21N7OS. The quantitative estimate of drug-likeness (QED) is 0.594. The predicted octanol–water partition coefficient (Wildman–Crippen LogP) is 2.98. The molecule has 1 N–H and O–H groups in total. The molecule has 0 radical (unpaired) electrons. The van der Waals surface area contributed by atoms with Gasteiger partial charge in [-0.1, -0.05) is 0 Å². The molecule has 3 aromatic rings. The summed E-state index contributed by atoms with van der Waals surface area (Å²) in [5, 5.41) is 12.8. The fourth-order valence-electron chi connectivity index (χ4n) is 3.45. The van der Waals surface area contributed by atoms with E-state index in [2.05, 4.69) is 42.6 Å². The van der Waals surface area contributed by atoms with Crippen molar-refractivity contribution in [3.8, 4) is 17.3 Å². The van der Waals surface area contributed by atoms with E-state index in [1.165, 1.54) is 18.3 Å². The lowest BCUT2D eigenvalue weighted by atomic mass is 10.1. The molecule has 0 aromatic carbocycles. The second-order valence-electron chi connectivity index (χ2n) is 7.28. The van der Waals surface area contributed by atoms with Crippen LogP contribution in [0.5, 0.6) is 0 Å². The van der Waals surface area contributed by atoms with Crippen LogP contribution in [0.4, 0.5) is 0 Å². The second kappa shape index (κ2) is 9.64. The Kier molecular flexibility index (Phi) is 6.50. The lowest BCUT2D eigenvalue weighted by Crippen LogP contribution is -2.41. The summed E-state index contributed by atoms with van der Waals surface area (Å²) in [6.45, 7) is 2.53. The number of carbonyl (C=O) groups is 1. The highest BCUT2D eigenvalue weighted by atomic mass is 32.2. The van der Waals surface area contributed by atoms with Gasteiger partial charge in [0.1, 0.15) is 17.4 Å². The zero-order valence-corrected chi connectivity index (χ0v) is 17.8. The van der Waals surface area contributed by atoms with Gasteiger partial charge >= 0.3 is 0 Å². The van der Waals surface area contributed by atoms with E-state index in [1.54, 1.807) is 30.9 Å². The lowest BCUT2D eigenvalue weighted by Gasteiger charge is -2.25. The molecule has 0 saturated carbocycles. The zero-order valence-electron chi connectivity index (χ0n) is 17.0. The number of aromatic nitrogens is 4. The molecule has 0 aliphatic carbocycles. The van der Waals surface area contributed by atoms with Crippen LogP contribution in [0.1, 0.15) is 30.9 Å². The van der Waals surface area contributed by atoms with E-state index in [0.717, 1.165) is 34.7 Å². The third kappa shape index (κ3) is 5.05. The van der Waals surface area contributed by atoms with Gasteiger partial charge in [-0.3, -0.25) is 9.78 Å². The first-order valence-corrected chi connectivity index (χ1v) is 10.7. The summed E-state index contributed by atoms with van der Waals surface area (Å²) in [5.41, 5.74) is 3.08. The van der Waals surface area contributed by atoms with Gasteiger partial charge in [0.15, 0.2) is 0 Å². The normalized spacial score (nSPS) is 18.5.